The third-order valence-electron chi connectivity index (χ3n) is 4.97. The number of thioether (sulfide) groups is 1. The molecule has 0 unspecified atom stereocenters. The summed E-state index contributed by atoms with van der Waals surface area (Å²) >= 11 is 1.78. The lowest BCUT2D eigenvalue weighted by atomic mass is 10.1. The van der Waals surface area contributed by atoms with Crippen LogP contribution in [0.3, 0.4) is 0 Å². The molecule has 2 aliphatic carbocycles. The molecule has 3 N–H and O–H groups in total. The van der Waals surface area contributed by atoms with Crippen LogP contribution in [0.4, 0.5) is 5.69 Å². The second-order valence-corrected chi connectivity index (χ2v) is 7.52. The van der Waals surface area contributed by atoms with E-state index in [2.05, 4.69) is 11.9 Å². The van der Waals surface area contributed by atoms with Gasteiger partial charge in [-0.2, -0.15) is 0 Å². The third kappa shape index (κ3) is 2.37. The van der Waals surface area contributed by atoms with Crippen LogP contribution in [0, 0.1) is 0 Å². The summed E-state index contributed by atoms with van der Waals surface area (Å²) in [5, 5.41) is 11.6. The predicted octanol–water partition coefficient (Wildman–Crippen LogP) is 2.38. The highest BCUT2D eigenvalue weighted by Crippen LogP contribution is 2.50. The molecule has 0 radical (unpaired) electrons. The molecule has 5 nitrogen and oxygen atoms in total. The lowest BCUT2D eigenvalue weighted by Gasteiger charge is -2.18. The fourth-order valence-electron chi connectivity index (χ4n) is 3.71. The van der Waals surface area contributed by atoms with E-state index in [-0.39, 0.29) is 12.4 Å². The molecule has 0 bridgehead atoms. The Balaban J connectivity index is 1.65. The molecule has 0 aromatic heterocycles. The Morgan fingerprint density at radius 2 is 2.21 bits per heavy atom. The molecule has 1 aromatic rings. The number of nitrogens with zero attached hydrogens (tertiary/aromatic N) is 2. The number of fused-ring (bicyclic) bond motifs is 1. The molecule has 4 rings (SSSR count). The van der Waals surface area contributed by atoms with Gasteiger partial charge >= 0.3 is 0 Å². The van der Waals surface area contributed by atoms with Gasteiger partial charge in [-0.3, -0.25) is 4.79 Å². The number of nitrogens with two attached hydrogens (primary N) is 1. The van der Waals surface area contributed by atoms with Crippen LogP contribution < -0.4 is 10.9 Å². The van der Waals surface area contributed by atoms with Crippen LogP contribution in [0.2, 0.25) is 0 Å². The number of anilines is 1. The zero-order valence-corrected chi connectivity index (χ0v) is 14.5. The van der Waals surface area contributed by atoms with Crippen LogP contribution in [0.1, 0.15) is 35.2 Å². The van der Waals surface area contributed by atoms with Crippen molar-refractivity contribution in [2.24, 2.45) is 5.84 Å². The van der Waals surface area contributed by atoms with Gasteiger partial charge in [0.1, 0.15) is 0 Å². The van der Waals surface area contributed by atoms with E-state index in [9.17, 15) is 4.79 Å². The van der Waals surface area contributed by atoms with Gasteiger partial charge in [-0.25, -0.2) is 5.84 Å². The molecule has 0 saturated heterocycles. The number of hydrogen-bond acceptors (Lipinski definition) is 6. The van der Waals surface area contributed by atoms with Crippen molar-refractivity contribution in [1.82, 2.24) is 4.90 Å². The van der Waals surface area contributed by atoms with Gasteiger partial charge in [-0.05, 0) is 43.0 Å². The fraction of sp³-hybridized carbons (Fsp3) is 0.389. The Kier molecular flexibility index (Phi) is 3.90. The maximum atomic E-state index is 12.9. The normalized spacial score (nSPS) is 22.5. The van der Waals surface area contributed by atoms with E-state index in [1.807, 2.05) is 18.2 Å². The van der Waals surface area contributed by atoms with Crippen molar-refractivity contribution in [3.05, 3.63) is 50.5 Å². The Labute approximate surface area is 145 Å². The van der Waals surface area contributed by atoms with E-state index < -0.39 is 0 Å². The molecular weight excluding hydrogens is 322 g/mol. The third-order valence-corrected chi connectivity index (χ3v) is 6.37. The first-order valence-corrected chi connectivity index (χ1v) is 9.09. The summed E-state index contributed by atoms with van der Waals surface area (Å²) in [7, 11) is 2.08. The number of rotatable bonds is 3. The average Bonchev–Trinajstić information content (AvgIpc) is 3.23. The van der Waals surface area contributed by atoms with E-state index >= 15 is 0 Å². The Morgan fingerprint density at radius 1 is 1.38 bits per heavy atom. The second kappa shape index (κ2) is 5.95. The first-order valence-electron chi connectivity index (χ1n) is 8.27. The van der Waals surface area contributed by atoms with Crippen LogP contribution in [0.5, 0.6) is 0 Å². The molecule has 24 heavy (non-hydrogen) atoms. The van der Waals surface area contributed by atoms with Crippen molar-refractivity contribution in [2.45, 2.75) is 25.7 Å². The van der Waals surface area contributed by atoms with Crippen LogP contribution in [-0.2, 0) is 6.42 Å². The molecule has 0 atom stereocenters. The topological polar surface area (TPSA) is 69.8 Å². The van der Waals surface area contributed by atoms with Gasteiger partial charge in [0.15, 0.2) is 5.78 Å². The highest BCUT2D eigenvalue weighted by atomic mass is 32.2. The van der Waals surface area contributed by atoms with Gasteiger partial charge in [0.05, 0.1) is 23.9 Å². The molecule has 3 aliphatic rings. The maximum Gasteiger partial charge on any atom is 0.192 e. The summed E-state index contributed by atoms with van der Waals surface area (Å²) in [5.74, 6) is 6.07. The van der Waals surface area contributed by atoms with Crippen LogP contribution in [-0.4, -0.2) is 36.0 Å². The number of carbonyl (C=O) groups excluding carboxylic acids is 1. The van der Waals surface area contributed by atoms with E-state index in [0.717, 1.165) is 40.3 Å². The van der Waals surface area contributed by atoms with Crippen molar-refractivity contribution >= 4 is 23.2 Å². The van der Waals surface area contributed by atoms with Crippen molar-refractivity contribution < 1.29 is 9.90 Å². The van der Waals surface area contributed by atoms with Gasteiger partial charge in [0.2, 0.25) is 0 Å². The monoisotopic (exact) mass is 343 g/mol. The highest BCUT2D eigenvalue weighted by molar-refractivity contribution is 8.07. The van der Waals surface area contributed by atoms with Crippen molar-refractivity contribution in [2.75, 3.05) is 25.2 Å². The largest absolute Gasteiger partial charge is 0.394 e. The molecule has 1 aliphatic heterocycles. The number of carbonyl (C=O) groups is 1. The van der Waals surface area contributed by atoms with E-state index in [4.69, 9.17) is 10.9 Å². The maximum absolute atomic E-state index is 12.9. The minimum absolute atomic E-state index is 0.000470. The molecule has 1 aromatic carbocycles. The van der Waals surface area contributed by atoms with E-state index in [0.29, 0.717) is 13.0 Å². The van der Waals surface area contributed by atoms with Crippen molar-refractivity contribution in [1.29, 1.82) is 0 Å². The summed E-state index contributed by atoms with van der Waals surface area (Å²) in [5.41, 5.74) is 4.92. The molecule has 0 fully saturated rings. The number of hydrazine groups is 1. The number of ketones is 1. The Morgan fingerprint density at radius 3 is 2.96 bits per heavy atom. The number of Topliss-reactive ketones (excluding diaryl/α,β-unsaturated/α-hetero) is 1. The number of allylic oxidation sites excluding steroid dienone is 3. The summed E-state index contributed by atoms with van der Waals surface area (Å²) in [4.78, 5) is 16.5. The number of aliphatic hydroxyl groups is 1. The number of hydrogen-bond donors (Lipinski definition) is 2. The van der Waals surface area contributed by atoms with Gasteiger partial charge in [-0.15, -0.1) is 0 Å². The lowest BCUT2D eigenvalue weighted by molar-refractivity contribution is 0.103. The quantitative estimate of drug-likeness (QED) is 0.499. The molecule has 0 amide bonds. The molecule has 0 saturated carbocycles. The van der Waals surface area contributed by atoms with Crippen molar-refractivity contribution in [3.63, 3.8) is 0 Å². The summed E-state index contributed by atoms with van der Waals surface area (Å²) < 4.78 is 0. The van der Waals surface area contributed by atoms with Crippen LogP contribution in [0.25, 0.3) is 0 Å². The zero-order valence-electron chi connectivity index (χ0n) is 13.7. The predicted molar refractivity (Wildman–Crippen MR) is 96.4 cm³/mol. The highest BCUT2D eigenvalue weighted by Gasteiger charge is 2.35. The minimum Gasteiger partial charge on any atom is -0.394 e. The Bertz CT molecular complexity index is 784. The number of aliphatic hydroxyl groups excluding tert-OH is 1. The standard InChI is InChI=1S/C18H21N3O2S/c1-20-15-3-2-4-16(15)24-18(20)14-10-11-9-12(21(19)7-8-22)5-6-13(11)17(14)23/h5-6,9,22H,2-4,7-8,10,19H2,1H3/b18-14-. The van der Waals surface area contributed by atoms with Gasteiger partial charge in [0, 0.05) is 35.2 Å². The minimum atomic E-state index is 0.000470. The van der Waals surface area contributed by atoms with Crippen LogP contribution >= 0.6 is 11.8 Å². The SMILES string of the molecule is CN1C2=C(CCC2)S/C1=C1/Cc2cc(N(N)CCO)ccc2C1=O. The summed E-state index contributed by atoms with van der Waals surface area (Å²) in [6.07, 6.45) is 4.13. The molecule has 126 valence electrons. The molecule has 1 heterocycles. The molecular formula is C18H21N3O2S. The molecule has 0 spiro atoms. The first-order chi connectivity index (χ1) is 11.6. The van der Waals surface area contributed by atoms with Crippen LogP contribution in [0.15, 0.2) is 39.4 Å². The molecule has 6 heteroatoms. The van der Waals surface area contributed by atoms with Crippen molar-refractivity contribution in [3.8, 4) is 0 Å². The second-order valence-electron chi connectivity index (χ2n) is 6.43. The Hall–Kier alpha value is -1.76. The smallest absolute Gasteiger partial charge is 0.192 e. The first kappa shape index (κ1) is 15.7. The summed E-state index contributed by atoms with van der Waals surface area (Å²) in [6.45, 7) is 0.371. The zero-order chi connectivity index (χ0) is 16.8. The van der Waals surface area contributed by atoms with E-state index in [1.165, 1.54) is 22.0 Å². The fourth-order valence-corrected chi connectivity index (χ4v) is 5.08. The lowest BCUT2D eigenvalue weighted by Crippen LogP contribution is -2.33. The van der Waals surface area contributed by atoms with E-state index in [1.54, 1.807) is 11.8 Å². The van der Waals surface area contributed by atoms with Gasteiger partial charge < -0.3 is 15.0 Å². The van der Waals surface area contributed by atoms with Gasteiger partial charge in [-0.1, -0.05) is 11.8 Å². The summed E-state index contributed by atoms with van der Waals surface area (Å²) in [6, 6.07) is 5.68. The number of benzene rings is 1. The average molecular weight is 343 g/mol. The van der Waals surface area contributed by atoms with Gasteiger partial charge in [0.25, 0.3) is 0 Å².